The molecule has 1 aliphatic rings. The number of rotatable bonds is 4. The Morgan fingerprint density at radius 2 is 2.64 bits per heavy atom. The fourth-order valence-electron chi connectivity index (χ4n) is 0.974. The van der Waals surface area contributed by atoms with Gasteiger partial charge in [-0.2, -0.15) is 0 Å². The van der Waals surface area contributed by atoms with Crippen molar-refractivity contribution in [3.05, 3.63) is 11.0 Å². The van der Waals surface area contributed by atoms with Crippen LogP contribution in [0.2, 0.25) is 0 Å². The van der Waals surface area contributed by atoms with Gasteiger partial charge in [-0.15, -0.1) is 11.8 Å². The van der Waals surface area contributed by atoms with Gasteiger partial charge in [0, 0.05) is 23.6 Å². The van der Waals surface area contributed by atoms with Crippen LogP contribution in [0.4, 0.5) is 0 Å². The molecule has 0 atom stereocenters. The molecule has 1 heterocycles. The fourth-order valence-corrected chi connectivity index (χ4v) is 1.93. The van der Waals surface area contributed by atoms with E-state index in [0.29, 0.717) is 12.2 Å². The van der Waals surface area contributed by atoms with Gasteiger partial charge < -0.3 is 5.32 Å². The van der Waals surface area contributed by atoms with Crippen molar-refractivity contribution >= 4 is 17.5 Å². The van der Waals surface area contributed by atoms with Crippen LogP contribution in [0.25, 0.3) is 0 Å². The highest BCUT2D eigenvalue weighted by Gasteiger charge is 2.12. The molecule has 0 fully saturated rings. The Hall–Kier alpha value is -0.280. The number of ketones is 1. The minimum Gasteiger partial charge on any atom is -0.319 e. The Morgan fingerprint density at radius 3 is 3.18 bits per heavy atom. The molecule has 0 saturated carbocycles. The molecule has 0 bridgehead atoms. The van der Waals surface area contributed by atoms with Gasteiger partial charge in [0.05, 0.1) is 0 Å². The lowest BCUT2D eigenvalue weighted by atomic mass is 10.2. The van der Waals surface area contributed by atoms with Gasteiger partial charge in [0.25, 0.3) is 0 Å². The van der Waals surface area contributed by atoms with E-state index in [1.165, 1.54) is 0 Å². The Bertz CT molecular complexity index is 177. The van der Waals surface area contributed by atoms with E-state index in [0.717, 1.165) is 23.6 Å². The molecule has 3 heteroatoms. The third kappa shape index (κ3) is 2.67. The number of carbonyl (C=O) groups excluding carboxylic acids is 1. The number of thioether (sulfide) groups is 1. The van der Waals surface area contributed by atoms with Crippen molar-refractivity contribution in [3.8, 4) is 0 Å². The molecule has 0 unspecified atom stereocenters. The third-order valence-electron chi connectivity index (χ3n) is 1.58. The van der Waals surface area contributed by atoms with Gasteiger partial charge in [-0.05, 0) is 13.5 Å². The van der Waals surface area contributed by atoms with Gasteiger partial charge >= 0.3 is 0 Å². The predicted octanol–water partition coefficient (Wildman–Crippen LogP) is 1.19. The van der Waals surface area contributed by atoms with Crippen LogP contribution in [-0.2, 0) is 4.79 Å². The van der Waals surface area contributed by atoms with Crippen LogP contribution in [0.1, 0.15) is 12.8 Å². The average molecular weight is 171 g/mol. The number of Topliss-reactive ketones (excluding diaryl/α,β-unsaturated/α-hetero) is 1. The van der Waals surface area contributed by atoms with Gasteiger partial charge in [0.2, 0.25) is 0 Å². The van der Waals surface area contributed by atoms with Gasteiger partial charge in [-0.25, -0.2) is 0 Å². The van der Waals surface area contributed by atoms with E-state index in [4.69, 9.17) is 0 Å². The zero-order valence-corrected chi connectivity index (χ0v) is 7.54. The molecule has 0 aliphatic carbocycles. The molecule has 1 aliphatic heterocycles. The highest BCUT2D eigenvalue weighted by atomic mass is 32.2. The lowest BCUT2D eigenvalue weighted by Crippen LogP contribution is -2.12. The zero-order chi connectivity index (χ0) is 8.10. The van der Waals surface area contributed by atoms with E-state index in [1.807, 2.05) is 13.1 Å². The quantitative estimate of drug-likeness (QED) is 0.689. The maximum absolute atomic E-state index is 11.3. The van der Waals surface area contributed by atoms with Crippen LogP contribution in [0.5, 0.6) is 0 Å². The number of nitrogens with one attached hydrogen (secondary N) is 1. The maximum Gasteiger partial charge on any atom is 0.170 e. The van der Waals surface area contributed by atoms with E-state index >= 15 is 0 Å². The largest absolute Gasteiger partial charge is 0.319 e. The van der Waals surface area contributed by atoms with Gasteiger partial charge in [0.1, 0.15) is 0 Å². The number of allylic oxidation sites excluding steroid dienone is 2. The summed E-state index contributed by atoms with van der Waals surface area (Å²) in [6.45, 7) is 0.788. The Labute approximate surface area is 71.4 Å². The lowest BCUT2D eigenvalue weighted by Gasteiger charge is -1.98. The first-order valence-corrected chi connectivity index (χ1v) is 4.84. The molecule has 0 amide bonds. The van der Waals surface area contributed by atoms with E-state index in [1.54, 1.807) is 11.8 Å². The molecule has 0 radical (unpaired) electrons. The molecule has 0 aromatic carbocycles. The summed E-state index contributed by atoms with van der Waals surface area (Å²) in [5.74, 6) is 1.38. The summed E-state index contributed by atoms with van der Waals surface area (Å²) in [5.41, 5.74) is 0. The van der Waals surface area contributed by atoms with Crippen molar-refractivity contribution in [2.75, 3.05) is 19.3 Å². The Balaban J connectivity index is 2.29. The van der Waals surface area contributed by atoms with E-state index in [9.17, 15) is 4.79 Å². The molecule has 11 heavy (non-hydrogen) atoms. The number of hydrogen-bond acceptors (Lipinski definition) is 3. The average Bonchev–Trinajstić information content (AvgIpc) is 2.52. The monoisotopic (exact) mass is 171 g/mol. The molecular formula is C8H13NOS. The molecule has 1 N–H and O–H groups in total. The lowest BCUT2D eigenvalue weighted by molar-refractivity contribution is -0.114. The van der Waals surface area contributed by atoms with Crippen molar-refractivity contribution in [1.82, 2.24) is 5.32 Å². The summed E-state index contributed by atoms with van der Waals surface area (Å²) >= 11 is 1.68. The highest BCUT2D eigenvalue weighted by molar-refractivity contribution is 8.04. The van der Waals surface area contributed by atoms with Crippen LogP contribution >= 0.6 is 11.8 Å². The summed E-state index contributed by atoms with van der Waals surface area (Å²) in [4.78, 5) is 12.2. The second-order valence-electron chi connectivity index (χ2n) is 2.48. The second kappa shape index (κ2) is 4.57. The van der Waals surface area contributed by atoms with E-state index < -0.39 is 0 Å². The van der Waals surface area contributed by atoms with Crippen molar-refractivity contribution in [2.24, 2.45) is 0 Å². The number of hydrogen-bond donors (Lipinski definition) is 1. The molecule has 0 aromatic rings. The summed E-state index contributed by atoms with van der Waals surface area (Å²) in [6.07, 6.45) is 3.74. The first-order chi connectivity index (χ1) is 5.34. The summed E-state index contributed by atoms with van der Waals surface area (Å²) in [7, 11) is 1.86. The molecule has 1 rings (SSSR count). The van der Waals surface area contributed by atoms with Crippen LogP contribution in [0, 0.1) is 0 Å². The summed E-state index contributed by atoms with van der Waals surface area (Å²) < 4.78 is 0. The molecule has 0 saturated heterocycles. The van der Waals surface area contributed by atoms with Crippen LogP contribution in [-0.4, -0.2) is 25.1 Å². The normalized spacial score (nSPS) is 16.6. The smallest absolute Gasteiger partial charge is 0.170 e. The third-order valence-corrected chi connectivity index (χ3v) is 2.73. The SMILES string of the molecule is CNCCC(=O)C1=CCCS1. The minimum atomic E-state index is 0.293. The standard InChI is InChI=1S/C8H13NOS/c1-9-5-4-7(10)8-3-2-6-11-8/h3,9H,2,4-6H2,1H3. The minimum absolute atomic E-state index is 0.293. The molecule has 62 valence electrons. The first kappa shape index (κ1) is 8.81. The maximum atomic E-state index is 11.3. The zero-order valence-electron chi connectivity index (χ0n) is 6.72. The first-order valence-electron chi connectivity index (χ1n) is 3.85. The van der Waals surface area contributed by atoms with Gasteiger partial charge in [0.15, 0.2) is 5.78 Å². The molecular weight excluding hydrogens is 158 g/mol. The topological polar surface area (TPSA) is 29.1 Å². The van der Waals surface area contributed by atoms with Gasteiger partial charge in [-0.1, -0.05) is 6.08 Å². The molecule has 2 nitrogen and oxygen atoms in total. The predicted molar refractivity (Wildman–Crippen MR) is 48.7 cm³/mol. The van der Waals surface area contributed by atoms with E-state index in [2.05, 4.69) is 5.32 Å². The highest BCUT2D eigenvalue weighted by Crippen LogP contribution is 2.25. The van der Waals surface area contributed by atoms with Gasteiger partial charge in [-0.3, -0.25) is 4.79 Å². The van der Waals surface area contributed by atoms with Crippen molar-refractivity contribution in [1.29, 1.82) is 0 Å². The summed E-state index contributed by atoms with van der Waals surface area (Å²) in [5, 5.41) is 2.96. The van der Waals surface area contributed by atoms with Crippen molar-refractivity contribution in [2.45, 2.75) is 12.8 Å². The van der Waals surface area contributed by atoms with Crippen molar-refractivity contribution in [3.63, 3.8) is 0 Å². The Morgan fingerprint density at radius 1 is 1.82 bits per heavy atom. The van der Waals surface area contributed by atoms with E-state index in [-0.39, 0.29) is 0 Å². The van der Waals surface area contributed by atoms with Crippen LogP contribution in [0.15, 0.2) is 11.0 Å². The number of carbonyl (C=O) groups is 1. The molecule has 0 spiro atoms. The van der Waals surface area contributed by atoms with Crippen LogP contribution in [0.3, 0.4) is 0 Å². The Kier molecular flexibility index (Phi) is 3.66. The van der Waals surface area contributed by atoms with Crippen molar-refractivity contribution < 1.29 is 4.79 Å². The van der Waals surface area contributed by atoms with Crippen LogP contribution < -0.4 is 5.32 Å². The molecule has 0 aromatic heterocycles. The summed E-state index contributed by atoms with van der Waals surface area (Å²) in [6, 6.07) is 0. The fraction of sp³-hybridized carbons (Fsp3) is 0.625. The second-order valence-corrected chi connectivity index (χ2v) is 3.62.